The van der Waals surface area contributed by atoms with Gasteiger partial charge in [0.05, 0.1) is 26.3 Å². The first kappa shape index (κ1) is 19.9. The van der Waals surface area contributed by atoms with E-state index in [1.54, 1.807) is 12.1 Å². The number of halogens is 3. The zero-order valence-electron chi connectivity index (χ0n) is 14.6. The molecule has 2 heterocycles. The van der Waals surface area contributed by atoms with Crippen LogP contribution in [0.4, 0.5) is 5.13 Å². The van der Waals surface area contributed by atoms with Crippen molar-refractivity contribution in [1.29, 1.82) is 0 Å². The predicted molar refractivity (Wildman–Crippen MR) is 110 cm³/mol. The minimum Gasteiger partial charge on any atom is -0.298 e. The largest absolute Gasteiger partial charge is 0.298 e. The van der Waals surface area contributed by atoms with E-state index >= 15 is 0 Å². The predicted octanol–water partition coefficient (Wildman–Crippen LogP) is 5.90. The van der Waals surface area contributed by atoms with Crippen LogP contribution in [-0.4, -0.2) is 28.9 Å². The number of nitrogens with zero attached hydrogens (tertiary/aromatic N) is 2. The van der Waals surface area contributed by atoms with E-state index < -0.39 is 5.91 Å². The van der Waals surface area contributed by atoms with Gasteiger partial charge in [0.25, 0.3) is 5.91 Å². The second-order valence-corrected chi connectivity index (χ2v) is 8.93. The molecule has 0 aliphatic carbocycles. The van der Waals surface area contributed by atoms with Gasteiger partial charge in [-0.05, 0) is 50.9 Å². The molecule has 1 aromatic carbocycles. The van der Waals surface area contributed by atoms with Gasteiger partial charge in [0.2, 0.25) is 0 Å². The topological polar surface area (TPSA) is 45.2 Å². The molecule has 0 atom stereocenters. The van der Waals surface area contributed by atoms with E-state index in [4.69, 9.17) is 34.8 Å². The summed E-state index contributed by atoms with van der Waals surface area (Å²) in [5.74, 6) is 0.394. The van der Waals surface area contributed by atoms with E-state index in [-0.39, 0.29) is 20.6 Å². The highest BCUT2D eigenvalue weighted by atomic mass is 35.5. The van der Waals surface area contributed by atoms with Crippen molar-refractivity contribution in [2.45, 2.75) is 33.2 Å². The van der Waals surface area contributed by atoms with Crippen LogP contribution in [0.5, 0.6) is 0 Å². The Labute approximate surface area is 172 Å². The molecule has 1 saturated heterocycles. The molecule has 0 bridgehead atoms. The molecule has 3 rings (SSSR count). The van der Waals surface area contributed by atoms with Crippen molar-refractivity contribution in [2.24, 2.45) is 5.92 Å². The second kappa shape index (κ2) is 8.44. The summed E-state index contributed by atoms with van der Waals surface area (Å²) in [6.07, 6.45) is 2.46. The lowest BCUT2D eigenvalue weighted by atomic mass is 9.99. The van der Waals surface area contributed by atoms with Crippen LogP contribution in [0.2, 0.25) is 15.1 Å². The van der Waals surface area contributed by atoms with Crippen molar-refractivity contribution in [1.82, 2.24) is 9.88 Å². The molecule has 1 fully saturated rings. The summed E-state index contributed by atoms with van der Waals surface area (Å²) in [4.78, 5) is 20.7. The van der Waals surface area contributed by atoms with Crippen molar-refractivity contribution in [2.75, 3.05) is 18.4 Å². The molecule has 26 heavy (non-hydrogen) atoms. The zero-order chi connectivity index (χ0) is 18.8. The van der Waals surface area contributed by atoms with Crippen LogP contribution in [0, 0.1) is 12.8 Å². The third kappa shape index (κ3) is 4.52. The molecule has 1 aromatic heterocycles. The first-order valence-electron chi connectivity index (χ1n) is 8.48. The third-order valence-corrected chi connectivity index (χ3v) is 6.80. The Hall–Kier alpha value is -0.850. The molecule has 2 aromatic rings. The number of carbonyl (C=O) groups excluding carboxylic acids is 1. The minimum absolute atomic E-state index is 0.146. The van der Waals surface area contributed by atoms with E-state index in [0.717, 1.165) is 36.1 Å². The molecule has 1 aliphatic heterocycles. The zero-order valence-corrected chi connectivity index (χ0v) is 17.7. The Morgan fingerprint density at radius 1 is 1.27 bits per heavy atom. The fraction of sp³-hybridized carbons (Fsp3) is 0.444. The molecule has 0 spiro atoms. The van der Waals surface area contributed by atoms with Crippen molar-refractivity contribution >= 4 is 57.2 Å². The lowest BCUT2D eigenvalue weighted by Crippen LogP contribution is -2.32. The van der Waals surface area contributed by atoms with Gasteiger partial charge in [-0.1, -0.05) is 41.7 Å². The fourth-order valence-electron chi connectivity index (χ4n) is 2.95. The molecule has 4 nitrogen and oxygen atoms in total. The van der Waals surface area contributed by atoms with Crippen LogP contribution in [0.25, 0.3) is 0 Å². The van der Waals surface area contributed by atoms with E-state index in [1.807, 2.05) is 6.92 Å². The minimum atomic E-state index is -0.408. The number of rotatable bonds is 4. The number of hydrogen-bond acceptors (Lipinski definition) is 4. The van der Waals surface area contributed by atoms with Gasteiger partial charge in [-0.3, -0.25) is 15.0 Å². The van der Waals surface area contributed by atoms with Crippen LogP contribution in [0.1, 0.15) is 40.7 Å². The number of amides is 1. The Morgan fingerprint density at radius 3 is 2.62 bits per heavy atom. The summed E-state index contributed by atoms with van der Waals surface area (Å²) < 4.78 is 0. The van der Waals surface area contributed by atoms with Gasteiger partial charge in [-0.2, -0.15) is 0 Å². The van der Waals surface area contributed by atoms with Crippen molar-refractivity contribution in [3.63, 3.8) is 0 Å². The Balaban J connectivity index is 1.71. The van der Waals surface area contributed by atoms with Gasteiger partial charge < -0.3 is 0 Å². The first-order chi connectivity index (χ1) is 12.3. The summed E-state index contributed by atoms with van der Waals surface area (Å²) in [5, 5.41) is 4.03. The molecule has 0 saturated carbocycles. The van der Waals surface area contributed by atoms with Crippen LogP contribution in [-0.2, 0) is 6.54 Å². The van der Waals surface area contributed by atoms with E-state index in [0.29, 0.717) is 5.13 Å². The van der Waals surface area contributed by atoms with Crippen LogP contribution in [0.15, 0.2) is 12.1 Å². The molecular weight excluding hydrogens is 413 g/mol. The number of thiazole rings is 1. The molecular formula is C18H20Cl3N3OS. The Bertz CT molecular complexity index is 816. The highest BCUT2D eigenvalue weighted by molar-refractivity contribution is 7.15. The Morgan fingerprint density at radius 2 is 1.92 bits per heavy atom. The second-order valence-electron chi connectivity index (χ2n) is 6.66. The molecule has 0 unspecified atom stereocenters. The summed E-state index contributed by atoms with van der Waals surface area (Å²) in [7, 11) is 0. The quantitative estimate of drug-likeness (QED) is 0.612. The van der Waals surface area contributed by atoms with Crippen molar-refractivity contribution in [3.05, 3.63) is 43.3 Å². The number of aryl methyl sites for hydroxylation is 1. The van der Waals surface area contributed by atoms with E-state index in [1.165, 1.54) is 24.2 Å². The number of nitrogens with one attached hydrogen (secondary N) is 1. The summed E-state index contributed by atoms with van der Waals surface area (Å²) in [6, 6.07) is 3.12. The average molecular weight is 433 g/mol. The number of piperidine rings is 1. The normalized spacial score (nSPS) is 16.0. The lowest BCUT2D eigenvalue weighted by Gasteiger charge is -2.29. The number of aromatic nitrogens is 1. The highest BCUT2D eigenvalue weighted by Gasteiger charge is 2.21. The molecule has 1 aliphatic rings. The maximum Gasteiger partial charge on any atom is 0.260 e. The molecule has 1 N–H and O–H groups in total. The SMILES string of the molecule is Cc1nc(NC(=O)c2c(Cl)ccc(Cl)c2Cl)sc1CN1CCC(C)CC1. The van der Waals surface area contributed by atoms with Gasteiger partial charge in [-0.15, -0.1) is 11.3 Å². The van der Waals surface area contributed by atoms with Crippen LogP contribution < -0.4 is 5.32 Å². The number of carbonyl (C=O) groups is 1. The summed E-state index contributed by atoms with van der Waals surface area (Å²) in [6.45, 7) is 7.34. The number of hydrogen-bond donors (Lipinski definition) is 1. The Kier molecular flexibility index (Phi) is 6.46. The van der Waals surface area contributed by atoms with Crippen molar-refractivity contribution < 1.29 is 4.79 Å². The fourth-order valence-corrected chi connectivity index (χ4v) is 4.65. The number of benzene rings is 1. The molecule has 140 valence electrons. The standard InChI is InChI=1S/C18H20Cl3N3OS/c1-10-5-7-24(8-6-10)9-14-11(2)22-18(26-14)23-17(25)15-12(19)3-4-13(20)16(15)21/h3-4,10H,5-9H2,1-2H3,(H,22,23,25). The van der Waals surface area contributed by atoms with Gasteiger partial charge >= 0.3 is 0 Å². The molecule has 0 radical (unpaired) electrons. The summed E-state index contributed by atoms with van der Waals surface area (Å²) >= 11 is 19.7. The monoisotopic (exact) mass is 431 g/mol. The smallest absolute Gasteiger partial charge is 0.260 e. The summed E-state index contributed by atoms with van der Waals surface area (Å²) in [5.41, 5.74) is 1.10. The maximum absolute atomic E-state index is 12.6. The maximum atomic E-state index is 12.6. The number of likely N-dealkylation sites (tertiary alicyclic amines) is 1. The number of anilines is 1. The average Bonchev–Trinajstić information content (AvgIpc) is 2.92. The van der Waals surface area contributed by atoms with E-state index in [9.17, 15) is 4.79 Å². The van der Waals surface area contributed by atoms with Gasteiger partial charge in [0.15, 0.2) is 5.13 Å². The van der Waals surface area contributed by atoms with Gasteiger partial charge in [-0.25, -0.2) is 4.98 Å². The van der Waals surface area contributed by atoms with Gasteiger partial charge in [0.1, 0.15) is 0 Å². The van der Waals surface area contributed by atoms with Crippen LogP contribution >= 0.6 is 46.1 Å². The highest BCUT2D eigenvalue weighted by Crippen LogP contribution is 2.33. The lowest BCUT2D eigenvalue weighted by molar-refractivity contribution is 0.102. The third-order valence-electron chi connectivity index (χ3n) is 4.63. The van der Waals surface area contributed by atoms with Crippen molar-refractivity contribution in [3.8, 4) is 0 Å². The molecule has 8 heteroatoms. The first-order valence-corrected chi connectivity index (χ1v) is 10.4. The van der Waals surface area contributed by atoms with E-state index in [2.05, 4.69) is 22.1 Å². The van der Waals surface area contributed by atoms with Gasteiger partial charge in [0, 0.05) is 11.4 Å². The molecule has 1 amide bonds. The van der Waals surface area contributed by atoms with Crippen LogP contribution in [0.3, 0.4) is 0 Å².